The van der Waals surface area contributed by atoms with Crippen LogP contribution in [0.25, 0.3) is 0 Å². The van der Waals surface area contributed by atoms with E-state index in [1.54, 1.807) is 6.92 Å². The lowest BCUT2D eigenvalue weighted by Gasteiger charge is -2.22. The van der Waals surface area contributed by atoms with E-state index in [-0.39, 0.29) is 11.2 Å². The first kappa shape index (κ1) is 23.2. The topological polar surface area (TPSA) is 51.2 Å². The number of carbonyl (C=O) groups excluding carboxylic acids is 2. The standard InChI is InChI=1S/C25H32O3P/c1-14-10-15(2)21(16(3)11-14)23(26)19(6)29(28)24(27)22-17(4)12-20(13-18(22)5)25(7,8)9/h10-13,19H,1-9H3. The van der Waals surface area contributed by atoms with Crippen molar-refractivity contribution in [2.75, 3.05) is 0 Å². The summed E-state index contributed by atoms with van der Waals surface area (Å²) in [7, 11) is -2.38. The maximum atomic E-state index is 13.1. The van der Waals surface area contributed by atoms with Gasteiger partial charge in [0.1, 0.15) is 0 Å². The van der Waals surface area contributed by atoms with Gasteiger partial charge in [0.25, 0.3) is 0 Å². The molecule has 3 nitrogen and oxygen atoms in total. The Labute approximate surface area is 175 Å². The summed E-state index contributed by atoms with van der Waals surface area (Å²) in [6.45, 7) is 17.5. The number of carbonyl (C=O) groups is 2. The summed E-state index contributed by atoms with van der Waals surface area (Å²) in [6.07, 6.45) is 0. The van der Waals surface area contributed by atoms with Gasteiger partial charge in [-0.2, -0.15) is 0 Å². The van der Waals surface area contributed by atoms with Gasteiger partial charge in [0.2, 0.25) is 5.52 Å². The molecule has 0 amide bonds. The molecule has 0 aliphatic rings. The Bertz CT molecular complexity index is 963. The maximum absolute atomic E-state index is 13.1. The van der Waals surface area contributed by atoms with Crippen LogP contribution in [-0.4, -0.2) is 17.0 Å². The Balaban J connectivity index is 2.40. The minimum atomic E-state index is -2.38. The van der Waals surface area contributed by atoms with E-state index < -0.39 is 19.0 Å². The third kappa shape index (κ3) is 4.73. The molecular weight excluding hydrogens is 379 g/mol. The van der Waals surface area contributed by atoms with Crippen LogP contribution in [0.15, 0.2) is 24.3 Å². The highest BCUT2D eigenvalue weighted by molar-refractivity contribution is 7.66. The van der Waals surface area contributed by atoms with E-state index in [1.807, 2.05) is 58.9 Å². The summed E-state index contributed by atoms with van der Waals surface area (Å²) in [5.74, 6) is -0.226. The average molecular weight is 412 g/mol. The van der Waals surface area contributed by atoms with E-state index in [4.69, 9.17) is 0 Å². The zero-order valence-corrected chi connectivity index (χ0v) is 20.0. The van der Waals surface area contributed by atoms with Crippen LogP contribution < -0.4 is 0 Å². The summed E-state index contributed by atoms with van der Waals surface area (Å²) in [5.41, 5.74) is 5.28. The largest absolute Gasteiger partial charge is 0.293 e. The molecule has 0 aliphatic carbocycles. The van der Waals surface area contributed by atoms with E-state index in [2.05, 4.69) is 20.8 Å². The van der Waals surface area contributed by atoms with E-state index >= 15 is 0 Å². The molecule has 2 rings (SSSR count). The molecule has 2 atom stereocenters. The minimum Gasteiger partial charge on any atom is -0.293 e. The molecule has 0 N–H and O–H groups in total. The van der Waals surface area contributed by atoms with Crippen molar-refractivity contribution in [3.63, 3.8) is 0 Å². The van der Waals surface area contributed by atoms with Gasteiger partial charge in [-0.3, -0.25) is 14.2 Å². The molecule has 0 aliphatic heterocycles. The fourth-order valence-corrected chi connectivity index (χ4v) is 5.17. The second-order valence-corrected chi connectivity index (χ2v) is 11.0. The van der Waals surface area contributed by atoms with Crippen LogP contribution in [-0.2, 0) is 9.98 Å². The van der Waals surface area contributed by atoms with Crippen molar-refractivity contribution in [2.24, 2.45) is 0 Å². The van der Waals surface area contributed by atoms with Crippen LogP contribution in [0, 0.1) is 34.6 Å². The quantitative estimate of drug-likeness (QED) is 0.403. The molecule has 0 aromatic heterocycles. The monoisotopic (exact) mass is 411 g/mol. The Morgan fingerprint density at radius 3 is 1.62 bits per heavy atom. The summed E-state index contributed by atoms with van der Waals surface area (Å²) < 4.78 is 13.1. The SMILES string of the molecule is Cc1cc(C)c(C(=O)C(C)[P](=O)C(=O)c2c(C)cc(C(C)(C)C)cc2C)c(C)c1. The normalized spacial score (nSPS) is 13.2. The van der Waals surface area contributed by atoms with Crippen molar-refractivity contribution in [1.82, 2.24) is 0 Å². The van der Waals surface area contributed by atoms with Crippen molar-refractivity contribution < 1.29 is 14.2 Å². The molecule has 29 heavy (non-hydrogen) atoms. The van der Waals surface area contributed by atoms with E-state index in [1.165, 1.54) is 0 Å². The fourth-order valence-electron chi connectivity index (χ4n) is 3.90. The molecule has 0 spiro atoms. The predicted octanol–water partition coefficient (Wildman–Crippen LogP) is 6.77. The maximum Gasteiger partial charge on any atom is 0.243 e. The fraction of sp³-hybridized carbons (Fsp3) is 0.440. The number of hydrogen-bond acceptors (Lipinski definition) is 3. The van der Waals surface area contributed by atoms with E-state index in [0.29, 0.717) is 11.1 Å². The smallest absolute Gasteiger partial charge is 0.243 e. The lowest BCUT2D eigenvalue weighted by molar-refractivity contribution is 0.0981. The van der Waals surface area contributed by atoms with Gasteiger partial charge in [0.15, 0.2) is 13.6 Å². The van der Waals surface area contributed by atoms with Gasteiger partial charge in [-0.05, 0) is 74.8 Å². The number of hydrogen-bond donors (Lipinski definition) is 0. The van der Waals surface area contributed by atoms with Gasteiger partial charge in [-0.15, -0.1) is 0 Å². The molecule has 2 unspecified atom stereocenters. The summed E-state index contributed by atoms with van der Waals surface area (Å²) >= 11 is 0. The average Bonchev–Trinajstić information content (AvgIpc) is 2.57. The van der Waals surface area contributed by atoms with E-state index in [9.17, 15) is 14.2 Å². The van der Waals surface area contributed by atoms with Crippen LogP contribution >= 0.6 is 7.80 Å². The molecule has 155 valence electrons. The highest BCUT2D eigenvalue weighted by Gasteiger charge is 2.31. The highest BCUT2D eigenvalue weighted by atomic mass is 31.1. The van der Waals surface area contributed by atoms with Gasteiger partial charge in [-0.25, -0.2) is 0 Å². The predicted molar refractivity (Wildman–Crippen MR) is 121 cm³/mol. The van der Waals surface area contributed by atoms with Crippen LogP contribution in [0.2, 0.25) is 0 Å². The van der Waals surface area contributed by atoms with Crippen molar-refractivity contribution in [2.45, 2.75) is 73.4 Å². The molecule has 2 aromatic rings. The molecule has 0 fully saturated rings. The number of ketones is 1. The minimum absolute atomic E-state index is 0.0386. The van der Waals surface area contributed by atoms with Crippen LogP contribution in [0.4, 0.5) is 0 Å². The number of benzene rings is 2. The molecule has 0 bridgehead atoms. The Hall–Kier alpha value is -2.12. The van der Waals surface area contributed by atoms with E-state index in [0.717, 1.165) is 33.4 Å². The molecular formula is C25H32O3P. The second-order valence-electron chi connectivity index (χ2n) is 9.18. The zero-order valence-electron chi connectivity index (χ0n) is 19.1. The molecule has 0 saturated heterocycles. The van der Waals surface area contributed by atoms with Crippen LogP contribution in [0.1, 0.15) is 81.8 Å². The van der Waals surface area contributed by atoms with Crippen molar-refractivity contribution >= 4 is 19.1 Å². The van der Waals surface area contributed by atoms with Gasteiger partial charge in [0.05, 0.1) is 5.66 Å². The van der Waals surface area contributed by atoms with Crippen LogP contribution in [0.5, 0.6) is 0 Å². The van der Waals surface area contributed by atoms with Gasteiger partial charge in [-0.1, -0.05) is 50.6 Å². The van der Waals surface area contributed by atoms with Crippen molar-refractivity contribution in [3.8, 4) is 0 Å². The van der Waals surface area contributed by atoms with Crippen LogP contribution in [0.3, 0.4) is 0 Å². The number of rotatable bonds is 5. The first-order valence-corrected chi connectivity index (χ1v) is 11.3. The second kappa shape index (κ2) is 8.32. The first-order chi connectivity index (χ1) is 13.3. The number of aryl methyl sites for hydroxylation is 5. The lowest BCUT2D eigenvalue weighted by Crippen LogP contribution is -2.19. The third-order valence-electron chi connectivity index (χ3n) is 5.47. The summed E-state index contributed by atoms with van der Waals surface area (Å²) in [6, 6.07) is 7.87. The summed E-state index contributed by atoms with van der Waals surface area (Å²) in [5, 5.41) is 0. The molecule has 1 radical (unpaired) electrons. The molecule has 2 aromatic carbocycles. The zero-order chi connectivity index (χ0) is 22.3. The van der Waals surface area contributed by atoms with Crippen molar-refractivity contribution in [1.29, 1.82) is 0 Å². The highest BCUT2D eigenvalue weighted by Crippen LogP contribution is 2.38. The third-order valence-corrected chi connectivity index (χ3v) is 7.03. The molecule has 4 heteroatoms. The Kier molecular flexibility index (Phi) is 6.65. The first-order valence-electron chi connectivity index (χ1n) is 10.00. The lowest BCUT2D eigenvalue weighted by atomic mass is 9.84. The Morgan fingerprint density at radius 2 is 1.21 bits per heavy atom. The van der Waals surface area contributed by atoms with Gasteiger partial charge in [0, 0.05) is 11.1 Å². The van der Waals surface area contributed by atoms with Crippen molar-refractivity contribution in [3.05, 3.63) is 68.8 Å². The molecule has 0 heterocycles. The summed E-state index contributed by atoms with van der Waals surface area (Å²) in [4.78, 5) is 26.2. The van der Waals surface area contributed by atoms with Gasteiger partial charge >= 0.3 is 0 Å². The number of Topliss-reactive ketones (excluding diaryl/α,β-unsaturated/α-hetero) is 1. The van der Waals surface area contributed by atoms with Gasteiger partial charge < -0.3 is 0 Å². The Morgan fingerprint density at radius 1 is 0.793 bits per heavy atom. The molecule has 0 saturated carbocycles.